The Labute approximate surface area is 122 Å². The Bertz CT molecular complexity index is 507. The van der Waals surface area contributed by atoms with Crippen LogP contribution in [0.5, 0.6) is 0 Å². The van der Waals surface area contributed by atoms with E-state index in [4.69, 9.17) is 0 Å². The minimum atomic E-state index is 0.172. The van der Waals surface area contributed by atoms with E-state index in [1.807, 2.05) is 30.3 Å². The van der Waals surface area contributed by atoms with Gasteiger partial charge in [-0.2, -0.15) is 0 Å². The van der Waals surface area contributed by atoms with E-state index < -0.39 is 0 Å². The molecule has 2 nitrogen and oxygen atoms in total. The molecule has 3 rings (SSSR count). The summed E-state index contributed by atoms with van der Waals surface area (Å²) < 4.78 is 0. The van der Waals surface area contributed by atoms with Gasteiger partial charge in [0.25, 0.3) is 0 Å². The monoisotopic (exact) mass is 271 g/mol. The average molecular weight is 271 g/mol. The van der Waals surface area contributed by atoms with Crippen LogP contribution in [0.3, 0.4) is 0 Å². The van der Waals surface area contributed by atoms with E-state index in [1.165, 1.54) is 12.8 Å². The Hall–Kier alpha value is -1.31. The van der Waals surface area contributed by atoms with E-state index in [2.05, 4.69) is 26.1 Å². The number of fused-ring (bicyclic) bond motifs is 2. The Balaban J connectivity index is 1.66. The van der Waals surface area contributed by atoms with Crippen LogP contribution in [0.4, 0.5) is 0 Å². The van der Waals surface area contributed by atoms with Gasteiger partial charge in [-0.1, -0.05) is 51.1 Å². The van der Waals surface area contributed by atoms with Gasteiger partial charge in [-0.05, 0) is 41.6 Å². The highest BCUT2D eigenvalue weighted by Gasteiger charge is 2.61. The summed E-state index contributed by atoms with van der Waals surface area (Å²) in [5.74, 6) is 0.945. The van der Waals surface area contributed by atoms with E-state index in [-0.39, 0.29) is 11.3 Å². The number of hydrogen-bond acceptors (Lipinski definition) is 1. The first-order valence-corrected chi connectivity index (χ1v) is 7.77. The molecule has 0 aliphatic heterocycles. The third kappa shape index (κ3) is 1.97. The van der Waals surface area contributed by atoms with Crippen molar-refractivity contribution in [2.45, 2.75) is 52.5 Å². The predicted octanol–water partition coefficient (Wildman–Crippen LogP) is 3.56. The number of hydrogen-bond donors (Lipinski definition) is 1. The summed E-state index contributed by atoms with van der Waals surface area (Å²) >= 11 is 0. The average Bonchev–Trinajstić information content (AvgIpc) is 2.73. The van der Waals surface area contributed by atoms with E-state index in [0.29, 0.717) is 17.9 Å². The van der Waals surface area contributed by atoms with Crippen molar-refractivity contribution in [1.82, 2.24) is 5.32 Å². The second-order valence-corrected chi connectivity index (χ2v) is 7.39. The van der Waals surface area contributed by atoms with Gasteiger partial charge < -0.3 is 5.32 Å². The molecule has 20 heavy (non-hydrogen) atoms. The van der Waals surface area contributed by atoms with Crippen molar-refractivity contribution >= 4 is 5.91 Å². The van der Waals surface area contributed by atoms with Crippen molar-refractivity contribution in [3.05, 3.63) is 35.9 Å². The van der Waals surface area contributed by atoms with Crippen molar-refractivity contribution in [2.24, 2.45) is 16.7 Å². The molecule has 1 aromatic rings. The van der Waals surface area contributed by atoms with Crippen molar-refractivity contribution < 1.29 is 4.79 Å². The van der Waals surface area contributed by atoms with Crippen LogP contribution < -0.4 is 5.32 Å². The highest BCUT2D eigenvalue weighted by Crippen LogP contribution is 2.65. The number of rotatable bonds is 3. The lowest BCUT2D eigenvalue weighted by Gasteiger charge is -2.39. The Morgan fingerprint density at radius 2 is 1.95 bits per heavy atom. The standard InChI is InChI=1S/C18H25NO/c1-17(2)14-9-10-18(17,3)15(12-14)19-16(20)11-13-7-5-4-6-8-13/h4-8,14-15H,9-12H2,1-3H3,(H,19,20)/t14-,15-,18-/m0/s1. The zero-order chi connectivity index (χ0) is 14.4. The van der Waals surface area contributed by atoms with E-state index in [1.54, 1.807) is 0 Å². The zero-order valence-corrected chi connectivity index (χ0v) is 12.8. The largest absolute Gasteiger partial charge is 0.353 e. The molecule has 108 valence electrons. The predicted molar refractivity (Wildman–Crippen MR) is 81.3 cm³/mol. The van der Waals surface area contributed by atoms with Crippen LogP contribution in [0.25, 0.3) is 0 Å². The van der Waals surface area contributed by atoms with Crippen LogP contribution in [0.1, 0.15) is 45.6 Å². The minimum absolute atomic E-state index is 0.172. The lowest BCUT2D eigenvalue weighted by Crippen LogP contribution is -2.47. The highest BCUT2D eigenvalue weighted by atomic mass is 16.1. The van der Waals surface area contributed by atoms with Crippen LogP contribution in [0.2, 0.25) is 0 Å². The maximum Gasteiger partial charge on any atom is 0.224 e. The van der Waals surface area contributed by atoms with Gasteiger partial charge in [-0.15, -0.1) is 0 Å². The Kier molecular flexibility index (Phi) is 3.15. The fourth-order valence-electron chi connectivity index (χ4n) is 4.45. The molecule has 0 radical (unpaired) electrons. The molecular weight excluding hydrogens is 246 g/mol. The summed E-state index contributed by atoms with van der Waals surface area (Å²) in [6.07, 6.45) is 4.23. The van der Waals surface area contributed by atoms with Crippen LogP contribution in [-0.4, -0.2) is 11.9 Å². The maximum atomic E-state index is 12.3. The second kappa shape index (κ2) is 4.61. The SMILES string of the molecule is CC1(C)[C@H]2CC[C@@]1(C)[C@@H](NC(=O)Cc1ccccc1)C2. The molecule has 1 amide bonds. The molecule has 2 saturated carbocycles. The highest BCUT2D eigenvalue weighted by molar-refractivity contribution is 5.79. The van der Waals surface area contributed by atoms with Gasteiger partial charge in [0.1, 0.15) is 0 Å². The number of carbonyl (C=O) groups excluding carboxylic acids is 1. The van der Waals surface area contributed by atoms with Crippen LogP contribution in [0, 0.1) is 16.7 Å². The number of amides is 1. The molecule has 2 aliphatic rings. The molecule has 2 heteroatoms. The molecule has 3 atom stereocenters. The minimum Gasteiger partial charge on any atom is -0.353 e. The summed E-state index contributed by atoms with van der Waals surface area (Å²) in [7, 11) is 0. The molecule has 0 heterocycles. The van der Waals surface area contributed by atoms with Crippen LogP contribution in [0.15, 0.2) is 30.3 Å². The molecule has 1 N–H and O–H groups in total. The normalized spacial score (nSPS) is 34.1. The van der Waals surface area contributed by atoms with Gasteiger partial charge in [0, 0.05) is 6.04 Å². The van der Waals surface area contributed by atoms with E-state index in [9.17, 15) is 4.79 Å². The van der Waals surface area contributed by atoms with Crippen molar-refractivity contribution in [1.29, 1.82) is 0 Å². The molecule has 0 aromatic heterocycles. The van der Waals surface area contributed by atoms with Crippen molar-refractivity contribution in [3.63, 3.8) is 0 Å². The molecular formula is C18H25NO. The summed E-state index contributed by atoms with van der Waals surface area (Å²) in [6, 6.07) is 10.4. The lowest BCUT2D eigenvalue weighted by atomic mass is 9.69. The molecule has 2 bridgehead atoms. The van der Waals surface area contributed by atoms with Gasteiger partial charge >= 0.3 is 0 Å². The first-order valence-electron chi connectivity index (χ1n) is 7.77. The summed E-state index contributed by atoms with van der Waals surface area (Å²) in [4.78, 5) is 12.3. The topological polar surface area (TPSA) is 29.1 Å². The van der Waals surface area contributed by atoms with Gasteiger partial charge in [-0.25, -0.2) is 0 Å². The van der Waals surface area contributed by atoms with Crippen molar-refractivity contribution in [2.75, 3.05) is 0 Å². The van der Waals surface area contributed by atoms with Crippen LogP contribution in [-0.2, 0) is 11.2 Å². The zero-order valence-electron chi connectivity index (χ0n) is 12.8. The third-order valence-corrected chi connectivity index (χ3v) is 6.34. The van der Waals surface area contributed by atoms with Gasteiger partial charge in [-0.3, -0.25) is 4.79 Å². The molecule has 1 aromatic carbocycles. The van der Waals surface area contributed by atoms with Gasteiger partial charge in [0.2, 0.25) is 5.91 Å². The first-order chi connectivity index (χ1) is 9.43. The van der Waals surface area contributed by atoms with Gasteiger partial charge in [0.15, 0.2) is 0 Å². The number of benzene rings is 1. The van der Waals surface area contributed by atoms with E-state index >= 15 is 0 Å². The van der Waals surface area contributed by atoms with Crippen LogP contribution >= 0.6 is 0 Å². The molecule has 0 saturated heterocycles. The smallest absolute Gasteiger partial charge is 0.224 e. The molecule has 2 aliphatic carbocycles. The van der Waals surface area contributed by atoms with Crippen molar-refractivity contribution in [3.8, 4) is 0 Å². The summed E-state index contributed by atoms with van der Waals surface area (Å²) in [5, 5.41) is 3.32. The fourth-order valence-corrected chi connectivity index (χ4v) is 4.45. The Morgan fingerprint density at radius 1 is 1.25 bits per heavy atom. The Morgan fingerprint density at radius 3 is 2.50 bits per heavy atom. The quantitative estimate of drug-likeness (QED) is 0.895. The summed E-state index contributed by atoms with van der Waals surface area (Å²) in [5.41, 5.74) is 1.72. The molecule has 0 spiro atoms. The molecule has 0 unspecified atom stereocenters. The first kappa shape index (κ1) is 13.7. The lowest BCUT2D eigenvalue weighted by molar-refractivity contribution is -0.122. The molecule has 2 fully saturated rings. The number of nitrogens with one attached hydrogen (secondary N) is 1. The maximum absolute atomic E-state index is 12.3. The third-order valence-electron chi connectivity index (χ3n) is 6.34. The van der Waals surface area contributed by atoms with E-state index in [0.717, 1.165) is 17.9 Å². The second-order valence-electron chi connectivity index (χ2n) is 7.39. The summed E-state index contributed by atoms with van der Waals surface area (Å²) in [6.45, 7) is 7.13. The fraction of sp³-hybridized carbons (Fsp3) is 0.611. The number of carbonyl (C=O) groups is 1. The van der Waals surface area contributed by atoms with Gasteiger partial charge in [0.05, 0.1) is 6.42 Å².